The van der Waals surface area contributed by atoms with Crippen molar-refractivity contribution in [2.24, 2.45) is 0 Å². The number of benzene rings is 2. The highest BCUT2D eigenvalue weighted by molar-refractivity contribution is 6.35. The van der Waals surface area contributed by atoms with Crippen molar-refractivity contribution in [3.05, 3.63) is 70.7 Å². The number of rotatable bonds is 2. The summed E-state index contributed by atoms with van der Waals surface area (Å²) in [6.45, 7) is 0. The Morgan fingerprint density at radius 2 is 1.47 bits per heavy atom. The second-order valence-corrected chi connectivity index (χ2v) is 3.63. The standard InChI is InChI=1S/C13H10ClN/c14-12-9-5-4-8-11(12)13(15)10-6-2-1-3-7-10/h1-9,15H. The smallest absolute Gasteiger partial charge is 0.0699 e. The van der Waals surface area contributed by atoms with Gasteiger partial charge in [0.05, 0.1) is 5.71 Å². The Labute approximate surface area is 93.8 Å². The maximum atomic E-state index is 8.03. The Morgan fingerprint density at radius 3 is 2.13 bits per heavy atom. The second kappa shape index (κ2) is 4.28. The predicted molar refractivity (Wildman–Crippen MR) is 63.8 cm³/mol. The molecule has 0 bridgehead atoms. The van der Waals surface area contributed by atoms with Crippen molar-refractivity contribution < 1.29 is 0 Å². The molecule has 0 aromatic heterocycles. The molecule has 74 valence electrons. The zero-order chi connectivity index (χ0) is 10.7. The minimum Gasteiger partial charge on any atom is -0.300 e. The lowest BCUT2D eigenvalue weighted by molar-refractivity contribution is 1.46. The van der Waals surface area contributed by atoms with Gasteiger partial charge in [0.2, 0.25) is 0 Å². The summed E-state index contributed by atoms with van der Waals surface area (Å²) in [6, 6.07) is 17.0. The molecule has 0 aliphatic rings. The molecule has 2 rings (SSSR count). The minimum absolute atomic E-state index is 0.459. The summed E-state index contributed by atoms with van der Waals surface area (Å²) < 4.78 is 0. The Balaban J connectivity index is 2.42. The summed E-state index contributed by atoms with van der Waals surface area (Å²) >= 11 is 6.03. The molecule has 2 aromatic rings. The lowest BCUT2D eigenvalue weighted by Gasteiger charge is -2.05. The molecule has 0 atom stereocenters. The van der Waals surface area contributed by atoms with Crippen molar-refractivity contribution in [3.8, 4) is 0 Å². The molecule has 0 aliphatic carbocycles. The van der Waals surface area contributed by atoms with Gasteiger partial charge in [-0.1, -0.05) is 60.1 Å². The van der Waals surface area contributed by atoms with E-state index in [4.69, 9.17) is 17.0 Å². The van der Waals surface area contributed by atoms with Crippen LogP contribution in [0.3, 0.4) is 0 Å². The van der Waals surface area contributed by atoms with E-state index in [-0.39, 0.29) is 0 Å². The summed E-state index contributed by atoms with van der Waals surface area (Å²) in [7, 11) is 0. The highest BCUT2D eigenvalue weighted by atomic mass is 35.5. The number of hydrogen-bond acceptors (Lipinski definition) is 1. The van der Waals surface area contributed by atoms with Crippen LogP contribution in [0.25, 0.3) is 0 Å². The zero-order valence-corrected chi connectivity index (χ0v) is 8.83. The van der Waals surface area contributed by atoms with Gasteiger partial charge in [-0.05, 0) is 6.07 Å². The fourth-order valence-corrected chi connectivity index (χ4v) is 1.65. The van der Waals surface area contributed by atoms with E-state index < -0.39 is 0 Å². The lowest BCUT2D eigenvalue weighted by atomic mass is 10.0. The van der Waals surface area contributed by atoms with Crippen LogP contribution >= 0.6 is 11.6 Å². The molecule has 0 spiro atoms. The van der Waals surface area contributed by atoms with Gasteiger partial charge in [-0.3, -0.25) is 5.41 Å². The van der Waals surface area contributed by atoms with Crippen LogP contribution in [-0.4, -0.2) is 5.71 Å². The molecule has 0 saturated carbocycles. The van der Waals surface area contributed by atoms with Crippen LogP contribution in [0.4, 0.5) is 0 Å². The minimum atomic E-state index is 0.459. The normalized spacial score (nSPS) is 9.93. The van der Waals surface area contributed by atoms with Crippen LogP contribution in [0.2, 0.25) is 5.02 Å². The maximum absolute atomic E-state index is 8.03. The first-order chi connectivity index (χ1) is 7.29. The van der Waals surface area contributed by atoms with Gasteiger partial charge in [0.15, 0.2) is 0 Å². The highest BCUT2D eigenvalue weighted by Crippen LogP contribution is 2.18. The molecule has 0 saturated heterocycles. The van der Waals surface area contributed by atoms with Crippen molar-refractivity contribution in [2.75, 3.05) is 0 Å². The molecule has 1 nitrogen and oxygen atoms in total. The van der Waals surface area contributed by atoms with E-state index in [2.05, 4.69) is 0 Å². The van der Waals surface area contributed by atoms with Crippen LogP contribution in [-0.2, 0) is 0 Å². The molecule has 0 aliphatic heterocycles. The van der Waals surface area contributed by atoms with Gasteiger partial charge in [0.1, 0.15) is 0 Å². The fraction of sp³-hybridized carbons (Fsp3) is 0. The van der Waals surface area contributed by atoms with Crippen LogP contribution < -0.4 is 0 Å². The predicted octanol–water partition coefficient (Wildman–Crippen LogP) is 3.76. The molecule has 2 aromatic carbocycles. The summed E-state index contributed by atoms with van der Waals surface area (Å²) in [4.78, 5) is 0. The van der Waals surface area contributed by atoms with E-state index in [9.17, 15) is 0 Å². The first-order valence-corrected chi connectivity index (χ1v) is 5.05. The van der Waals surface area contributed by atoms with Gasteiger partial charge < -0.3 is 0 Å². The van der Waals surface area contributed by atoms with Gasteiger partial charge in [0.25, 0.3) is 0 Å². The zero-order valence-electron chi connectivity index (χ0n) is 8.07. The maximum Gasteiger partial charge on any atom is 0.0699 e. The third-order valence-corrected chi connectivity index (χ3v) is 2.54. The third-order valence-electron chi connectivity index (χ3n) is 2.21. The first kappa shape index (κ1) is 9.94. The van der Waals surface area contributed by atoms with E-state index in [0.29, 0.717) is 10.7 Å². The molecular formula is C13H10ClN. The van der Waals surface area contributed by atoms with Crippen molar-refractivity contribution in [2.45, 2.75) is 0 Å². The quantitative estimate of drug-likeness (QED) is 0.738. The second-order valence-electron chi connectivity index (χ2n) is 3.22. The van der Waals surface area contributed by atoms with E-state index >= 15 is 0 Å². The summed E-state index contributed by atoms with van der Waals surface area (Å²) in [5, 5.41) is 8.64. The Kier molecular flexibility index (Phi) is 2.84. The van der Waals surface area contributed by atoms with Gasteiger partial charge in [-0.2, -0.15) is 0 Å². The van der Waals surface area contributed by atoms with E-state index in [1.165, 1.54) is 0 Å². The fourth-order valence-electron chi connectivity index (χ4n) is 1.42. The van der Waals surface area contributed by atoms with Crippen molar-refractivity contribution in [1.82, 2.24) is 0 Å². The molecule has 0 heterocycles. The average Bonchev–Trinajstić information content (AvgIpc) is 2.30. The van der Waals surface area contributed by atoms with Gasteiger partial charge in [-0.25, -0.2) is 0 Å². The molecule has 1 N–H and O–H groups in total. The number of nitrogens with one attached hydrogen (secondary N) is 1. The van der Waals surface area contributed by atoms with Gasteiger partial charge in [-0.15, -0.1) is 0 Å². The third kappa shape index (κ3) is 2.08. The van der Waals surface area contributed by atoms with Crippen molar-refractivity contribution >= 4 is 17.3 Å². The van der Waals surface area contributed by atoms with E-state index in [1.54, 1.807) is 6.07 Å². The van der Waals surface area contributed by atoms with Gasteiger partial charge in [0, 0.05) is 16.1 Å². The summed E-state index contributed by atoms with van der Waals surface area (Å²) in [5.41, 5.74) is 2.11. The summed E-state index contributed by atoms with van der Waals surface area (Å²) in [5.74, 6) is 0. The van der Waals surface area contributed by atoms with E-state index in [1.807, 2.05) is 48.5 Å². The topological polar surface area (TPSA) is 23.9 Å². The Bertz CT molecular complexity index is 477. The SMILES string of the molecule is N=C(c1ccccc1)c1ccccc1Cl. The Morgan fingerprint density at radius 1 is 0.867 bits per heavy atom. The molecule has 0 radical (unpaired) electrons. The first-order valence-electron chi connectivity index (χ1n) is 4.68. The number of hydrogen-bond donors (Lipinski definition) is 1. The molecule has 0 unspecified atom stereocenters. The molecule has 0 amide bonds. The highest BCUT2D eigenvalue weighted by Gasteiger charge is 2.06. The largest absolute Gasteiger partial charge is 0.300 e. The van der Waals surface area contributed by atoms with Gasteiger partial charge >= 0.3 is 0 Å². The van der Waals surface area contributed by atoms with Crippen LogP contribution in [0, 0.1) is 5.41 Å². The number of halogens is 1. The van der Waals surface area contributed by atoms with Crippen LogP contribution in [0.15, 0.2) is 54.6 Å². The monoisotopic (exact) mass is 215 g/mol. The van der Waals surface area contributed by atoms with E-state index in [0.717, 1.165) is 11.1 Å². The molecule has 2 heteroatoms. The Hall–Kier alpha value is -1.60. The molecule has 15 heavy (non-hydrogen) atoms. The molecule has 0 fully saturated rings. The van der Waals surface area contributed by atoms with Crippen molar-refractivity contribution in [3.63, 3.8) is 0 Å². The average molecular weight is 216 g/mol. The lowest BCUT2D eigenvalue weighted by Crippen LogP contribution is -2.01. The van der Waals surface area contributed by atoms with Crippen molar-refractivity contribution in [1.29, 1.82) is 5.41 Å². The summed E-state index contributed by atoms with van der Waals surface area (Å²) in [6.07, 6.45) is 0. The molecular weight excluding hydrogens is 206 g/mol. The van der Waals surface area contributed by atoms with Crippen LogP contribution in [0.5, 0.6) is 0 Å². The van der Waals surface area contributed by atoms with Crippen LogP contribution in [0.1, 0.15) is 11.1 Å².